The molecular formula is C65H126O17P2. The fourth-order valence-electron chi connectivity index (χ4n) is 9.71. The second-order valence-electron chi connectivity index (χ2n) is 24.5. The highest BCUT2D eigenvalue weighted by Gasteiger charge is 2.30. The Kier molecular flexibility index (Phi) is 56.2. The van der Waals surface area contributed by atoms with Crippen LogP contribution in [0, 0.1) is 11.8 Å². The number of unbranched alkanes of at least 4 members (excludes halogenated alkanes) is 34. The predicted molar refractivity (Wildman–Crippen MR) is 335 cm³/mol. The van der Waals surface area contributed by atoms with Gasteiger partial charge in [0.05, 0.1) is 26.4 Å². The number of carbonyl (C=O) groups excluding carboxylic acids is 4. The van der Waals surface area contributed by atoms with E-state index in [1.165, 1.54) is 141 Å². The Hall–Kier alpha value is -1.94. The Morgan fingerprint density at radius 3 is 0.810 bits per heavy atom. The van der Waals surface area contributed by atoms with Gasteiger partial charge in [-0.05, 0) is 37.5 Å². The first-order valence-electron chi connectivity index (χ1n) is 34.0. The molecule has 0 aliphatic heterocycles. The average Bonchev–Trinajstić information content (AvgIpc) is 3.49. The van der Waals surface area contributed by atoms with Crippen molar-refractivity contribution in [2.45, 2.75) is 342 Å². The molecule has 0 heterocycles. The zero-order valence-electron chi connectivity index (χ0n) is 54.2. The molecule has 0 aromatic rings. The number of carbonyl (C=O) groups is 4. The summed E-state index contributed by atoms with van der Waals surface area (Å²) in [7, 11) is -9.88. The molecule has 17 nitrogen and oxygen atoms in total. The lowest BCUT2D eigenvalue weighted by atomic mass is 10.0. The molecule has 0 bridgehead atoms. The Bertz CT molecular complexity index is 1650. The largest absolute Gasteiger partial charge is 0.472 e. The summed E-state index contributed by atoms with van der Waals surface area (Å²) >= 11 is 0. The molecular weight excluding hydrogens is 1110 g/mol. The second kappa shape index (κ2) is 57.5. The minimum Gasteiger partial charge on any atom is -0.462 e. The topological polar surface area (TPSA) is 237 Å². The number of rotatable bonds is 64. The van der Waals surface area contributed by atoms with Crippen LogP contribution in [0.1, 0.15) is 324 Å². The highest BCUT2D eigenvalue weighted by atomic mass is 31.2. The number of aliphatic hydroxyl groups excluding tert-OH is 1. The third-order valence-corrected chi connectivity index (χ3v) is 16.9. The summed E-state index contributed by atoms with van der Waals surface area (Å²) < 4.78 is 68.0. The van der Waals surface area contributed by atoms with Crippen molar-refractivity contribution in [1.29, 1.82) is 0 Å². The van der Waals surface area contributed by atoms with Gasteiger partial charge in [-0.25, -0.2) is 9.13 Å². The van der Waals surface area contributed by atoms with Gasteiger partial charge in [-0.1, -0.05) is 273 Å². The van der Waals surface area contributed by atoms with E-state index in [0.717, 1.165) is 95.8 Å². The molecule has 0 saturated carbocycles. The first-order valence-corrected chi connectivity index (χ1v) is 37.0. The van der Waals surface area contributed by atoms with Crippen LogP contribution in [0.15, 0.2) is 0 Å². The van der Waals surface area contributed by atoms with Gasteiger partial charge in [-0.15, -0.1) is 0 Å². The van der Waals surface area contributed by atoms with Gasteiger partial charge >= 0.3 is 39.5 Å². The van der Waals surface area contributed by atoms with Crippen molar-refractivity contribution < 1.29 is 80.2 Å². The Labute approximate surface area is 511 Å². The highest BCUT2D eigenvalue weighted by Crippen LogP contribution is 2.45. The van der Waals surface area contributed by atoms with Crippen LogP contribution in [-0.4, -0.2) is 96.7 Å². The van der Waals surface area contributed by atoms with E-state index in [2.05, 4.69) is 41.5 Å². The maximum absolute atomic E-state index is 13.0. The van der Waals surface area contributed by atoms with E-state index in [9.17, 15) is 43.2 Å². The van der Waals surface area contributed by atoms with Crippen molar-refractivity contribution in [2.24, 2.45) is 11.8 Å². The quantitative estimate of drug-likeness (QED) is 0.0222. The summed E-state index contributed by atoms with van der Waals surface area (Å²) in [5, 5.41) is 10.5. The maximum atomic E-state index is 13.0. The third kappa shape index (κ3) is 59.0. The Balaban J connectivity index is 5.20. The molecule has 3 N–H and O–H groups in total. The van der Waals surface area contributed by atoms with E-state index in [-0.39, 0.29) is 25.7 Å². The molecule has 0 saturated heterocycles. The van der Waals surface area contributed by atoms with Gasteiger partial charge in [0.15, 0.2) is 12.2 Å². The molecule has 2 unspecified atom stereocenters. The number of ether oxygens (including phenoxy) is 4. The molecule has 19 heteroatoms. The van der Waals surface area contributed by atoms with Gasteiger partial charge < -0.3 is 33.8 Å². The predicted octanol–water partition coefficient (Wildman–Crippen LogP) is 18.0. The van der Waals surface area contributed by atoms with Crippen LogP contribution in [0.2, 0.25) is 0 Å². The second-order valence-corrected chi connectivity index (χ2v) is 27.4. The van der Waals surface area contributed by atoms with Crippen LogP contribution in [0.3, 0.4) is 0 Å². The molecule has 0 aliphatic carbocycles. The monoisotopic (exact) mass is 1240 g/mol. The van der Waals surface area contributed by atoms with Gasteiger partial charge in [0.1, 0.15) is 19.3 Å². The summed E-state index contributed by atoms with van der Waals surface area (Å²) in [5.74, 6) is -0.681. The van der Waals surface area contributed by atoms with Crippen LogP contribution in [0.5, 0.6) is 0 Å². The van der Waals surface area contributed by atoms with E-state index in [4.69, 9.17) is 37.0 Å². The number of phosphoric acid groups is 2. The van der Waals surface area contributed by atoms with Crippen molar-refractivity contribution in [1.82, 2.24) is 0 Å². The van der Waals surface area contributed by atoms with Gasteiger partial charge in [0, 0.05) is 25.7 Å². The SMILES string of the molecule is CCCCCCCCCCCCC(=O)OC[C@H](COP(=O)(O)OC[C@@H](O)COP(=O)(O)OC[C@@H](COC(=O)CCCCCCCCCCC)OC(=O)CCCCCCCCC(C)C)OC(=O)CCCCCCCCCCCCCCCC(C)C. The molecule has 0 aliphatic rings. The number of aliphatic hydroxyl groups is 1. The molecule has 5 atom stereocenters. The molecule has 0 amide bonds. The molecule has 84 heavy (non-hydrogen) atoms. The van der Waals surface area contributed by atoms with Crippen molar-refractivity contribution in [3.63, 3.8) is 0 Å². The summed E-state index contributed by atoms with van der Waals surface area (Å²) in [4.78, 5) is 72.2. The molecule has 0 aromatic heterocycles. The summed E-state index contributed by atoms with van der Waals surface area (Å²) in [5.41, 5.74) is 0. The van der Waals surface area contributed by atoms with Crippen LogP contribution >= 0.6 is 15.6 Å². The number of hydrogen-bond acceptors (Lipinski definition) is 15. The van der Waals surface area contributed by atoms with E-state index in [1.807, 2.05) is 0 Å². The highest BCUT2D eigenvalue weighted by molar-refractivity contribution is 7.47. The molecule has 0 aromatic carbocycles. The van der Waals surface area contributed by atoms with Gasteiger partial charge in [-0.2, -0.15) is 0 Å². The first kappa shape index (κ1) is 82.1. The molecule has 498 valence electrons. The zero-order valence-corrected chi connectivity index (χ0v) is 56.0. The normalized spacial score (nSPS) is 14.3. The number of phosphoric ester groups is 2. The van der Waals surface area contributed by atoms with Crippen molar-refractivity contribution >= 4 is 39.5 Å². The smallest absolute Gasteiger partial charge is 0.462 e. The third-order valence-electron chi connectivity index (χ3n) is 15.0. The van der Waals surface area contributed by atoms with Crippen molar-refractivity contribution in [3.05, 3.63) is 0 Å². The Morgan fingerprint density at radius 1 is 0.321 bits per heavy atom. The van der Waals surface area contributed by atoms with Crippen LogP contribution < -0.4 is 0 Å². The van der Waals surface area contributed by atoms with Crippen LogP contribution in [-0.2, 0) is 65.4 Å². The van der Waals surface area contributed by atoms with Crippen LogP contribution in [0.4, 0.5) is 0 Å². The zero-order chi connectivity index (χ0) is 62.2. The Morgan fingerprint density at radius 2 is 0.548 bits per heavy atom. The minimum atomic E-state index is -4.94. The number of hydrogen-bond donors (Lipinski definition) is 3. The first-order chi connectivity index (χ1) is 40.4. The lowest BCUT2D eigenvalue weighted by Gasteiger charge is -2.21. The van der Waals surface area contributed by atoms with E-state index < -0.39 is 97.5 Å². The summed E-state index contributed by atoms with van der Waals surface area (Å²) in [6, 6.07) is 0. The maximum Gasteiger partial charge on any atom is 0.472 e. The van der Waals surface area contributed by atoms with Crippen molar-refractivity contribution in [3.8, 4) is 0 Å². The molecule has 0 radical (unpaired) electrons. The van der Waals surface area contributed by atoms with Gasteiger partial charge in [0.2, 0.25) is 0 Å². The van der Waals surface area contributed by atoms with Gasteiger partial charge in [-0.3, -0.25) is 37.3 Å². The van der Waals surface area contributed by atoms with Crippen LogP contribution in [0.25, 0.3) is 0 Å². The molecule has 0 spiro atoms. The van der Waals surface area contributed by atoms with E-state index in [1.54, 1.807) is 0 Å². The fourth-order valence-corrected chi connectivity index (χ4v) is 11.3. The van der Waals surface area contributed by atoms with E-state index >= 15 is 0 Å². The number of esters is 4. The minimum absolute atomic E-state index is 0.102. The molecule has 0 rings (SSSR count). The van der Waals surface area contributed by atoms with Crippen molar-refractivity contribution in [2.75, 3.05) is 39.6 Å². The fraction of sp³-hybridized carbons (Fsp3) is 0.938. The summed E-state index contributed by atoms with van der Waals surface area (Å²) in [6.07, 6.45) is 40.4. The molecule has 0 fully saturated rings. The lowest BCUT2D eigenvalue weighted by molar-refractivity contribution is -0.161. The van der Waals surface area contributed by atoms with Gasteiger partial charge in [0.25, 0.3) is 0 Å². The van der Waals surface area contributed by atoms with E-state index in [0.29, 0.717) is 31.6 Å². The standard InChI is InChI=1S/C65H126O17P2/c1-7-9-11-13-15-17-25-29-36-42-48-63(68)76-53-60(81-64(69)49-43-37-30-26-22-20-18-19-21-24-27-33-39-45-57(3)4)55-79-83(71,72)77-51-59(66)52-78-84(73,74)80-56-61(82-65(70)50-44-38-32-31-34-40-46-58(5)6)54-75-62(67)47-41-35-28-23-16-14-12-10-8-2/h57-61,66H,7-56H2,1-6H3,(H,71,72)(H,73,74)/t59-,60-,61-/m1/s1. The average molecular weight is 1240 g/mol. The lowest BCUT2D eigenvalue weighted by Crippen LogP contribution is -2.30. The summed E-state index contributed by atoms with van der Waals surface area (Å²) in [6.45, 7) is 9.41.